The van der Waals surface area contributed by atoms with Crippen molar-refractivity contribution in [2.24, 2.45) is 0 Å². The maximum Gasteiger partial charge on any atom is 0.143 e. The lowest BCUT2D eigenvalue weighted by molar-refractivity contribution is 0.670. The maximum atomic E-state index is 6.31. The molecule has 0 bridgehead atoms. The summed E-state index contributed by atoms with van der Waals surface area (Å²) in [5.41, 5.74) is 6.80. The second-order valence-electron chi connectivity index (χ2n) is 16.3. The van der Waals surface area contributed by atoms with Crippen molar-refractivity contribution in [3.63, 3.8) is 0 Å². The molecule has 2 heteroatoms. The van der Waals surface area contributed by atoms with E-state index in [0.717, 1.165) is 27.5 Å². The quantitative estimate of drug-likeness (QED) is 0.159. The first-order valence-electron chi connectivity index (χ1n) is 21.2. The Hall–Kier alpha value is -7.78. The van der Waals surface area contributed by atoms with Crippen LogP contribution in [0.3, 0.4) is 0 Å². The molecular weight excluding hydrogens is 769 g/mol. The highest BCUT2D eigenvalue weighted by Crippen LogP contribution is 2.43. The molecule has 0 saturated heterocycles. The van der Waals surface area contributed by atoms with Crippen LogP contribution in [0, 0.1) is 0 Å². The minimum absolute atomic E-state index is 0.933. The number of fused-ring (bicyclic) bond motifs is 18. The summed E-state index contributed by atoms with van der Waals surface area (Å²) in [7, 11) is 0. The first-order valence-corrected chi connectivity index (χ1v) is 22.1. The van der Waals surface area contributed by atoms with E-state index in [1.807, 2.05) is 23.5 Å². The van der Waals surface area contributed by atoms with Gasteiger partial charge >= 0.3 is 0 Å². The summed E-state index contributed by atoms with van der Waals surface area (Å²) < 4.78 is 9.03. The van der Waals surface area contributed by atoms with Crippen LogP contribution in [-0.2, 0) is 0 Å². The molecule has 62 heavy (non-hydrogen) atoms. The third-order valence-corrected chi connectivity index (χ3v) is 14.1. The van der Waals surface area contributed by atoms with E-state index >= 15 is 0 Å². The highest BCUT2D eigenvalue weighted by Gasteiger charge is 2.16. The highest BCUT2D eigenvalue weighted by molar-refractivity contribution is 7.26. The lowest BCUT2D eigenvalue weighted by Crippen LogP contribution is -1.85. The number of hydrogen-bond acceptors (Lipinski definition) is 2. The summed E-state index contributed by atoms with van der Waals surface area (Å²) in [4.78, 5) is 0. The van der Waals surface area contributed by atoms with Gasteiger partial charge in [-0.2, -0.15) is 0 Å². The predicted molar refractivity (Wildman–Crippen MR) is 269 cm³/mol. The predicted octanol–water partition coefficient (Wildman–Crippen LogP) is 17.9. The smallest absolute Gasteiger partial charge is 0.143 e. The molecule has 0 aliphatic heterocycles. The van der Waals surface area contributed by atoms with Gasteiger partial charge in [0.1, 0.15) is 11.2 Å². The minimum Gasteiger partial charge on any atom is -0.455 e. The van der Waals surface area contributed by atoms with Crippen molar-refractivity contribution in [1.82, 2.24) is 0 Å². The average Bonchev–Trinajstić information content (AvgIpc) is 3.93. The van der Waals surface area contributed by atoms with Crippen LogP contribution in [0.25, 0.3) is 129 Å². The fourth-order valence-corrected chi connectivity index (χ4v) is 11.3. The van der Waals surface area contributed by atoms with Crippen molar-refractivity contribution in [2.45, 2.75) is 0 Å². The molecule has 0 saturated carbocycles. The molecule has 0 radical (unpaired) electrons. The van der Waals surface area contributed by atoms with Crippen LogP contribution >= 0.6 is 11.3 Å². The fraction of sp³-hybridized carbons (Fsp3) is 0. The van der Waals surface area contributed by atoms with Crippen LogP contribution in [0.5, 0.6) is 0 Å². The number of furan rings is 1. The number of benzene rings is 12. The molecule has 0 fully saturated rings. The van der Waals surface area contributed by atoms with Gasteiger partial charge in [-0.15, -0.1) is 11.3 Å². The molecule has 288 valence electrons. The van der Waals surface area contributed by atoms with E-state index in [2.05, 4.69) is 206 Å². The van der Waals surface area contributed by atoms with E-state index in [0.29, 0.717) is 0 Å². The molecule has 0 atom stereocenters. The van der Waals surface area contributed by atoms with Crippen LogP contribution in [0.1, 0.15) is 0 Å². The fourth-order valence-electron chi connectivity index (χ4n) is 10.1. The van der Waals surface area contributed by atoms with Gasteiger partial charge in [-0.1, -0.05) is 194 Å². The van der Waals surface area contributed by atoms with Crippen LogP contribution < -0.4 is 0 Å². The molecule has 14 aromatic rings. The van der Waals surface area contributed by atoms with E-state index < -0.39 is 0 Å². The molecule has 0 aliphatic carbocycles. The first-order chi connectivity index (χ1) is 30.8. The van der Waals surface area contributed by atoms with Crippen molar-refractivity contribution < 1.29 is 4.42 Å². The number of hydrogen-bond donors (Lipinski definition) is 0. The second-order valence-corrected chi connectivity index (χ2v) is 17.3. The largest absolute Gasteiger partial charge is 0.455 e. The Kier molecular flexibility index (Phi) is 7.85. The molecular formula is C60H36OS. The molecule has 2 heterocycles. The zero-order chi connectivity index (χ0) is 40.7. The van der Waals surface area contributed by atoms with Crippen LogP contribution in [0.2, 0.25) is 0 Å². The van der Waals surface area contributed by atoms with Gasteiger partial charge in [-0.3, -0.25) is 0 Å². The SMILES string of the molecule is c1ccc2c(c1)oc1c(-c3ccc4c5ccccc5c5ccccc5c4c3)cccc12.c1ccc2c(c1)sc1c(-c3ccc4c5ccccc5c5ccccc5c4c3)cccc12. The topological polar surface area (TPSA) is 13.1 Å². The van der Waals surface area contributed by atoms with E-state index in [9.17, 15) is 0 Å². The number of thiophene rings is 1. The van der Waals surface area contributed by atoms with Crippen molar-refractivity contribution in [3.8, 4) is 22.3 Å². The van der Waals surface area contributed by atoms with Crippen molar-refractivity contribution >= 4 is 118 Å². The number of rotatable bonds is 2. The summed E-state index contributed by atoms with van der Waals surface area (Å²) in [6.07, 6.45) is 0. The minimum atomic E-state index is 0.933. The standard InChI is InChI=1S/C30H18O.C30H18S/c2*1-2-10-23-21(8-1)22-9-3-4-11-24(22)28-18-19(16-17-25(23)28)20-13-7-14-27-26-12-5-6-15-29(26)31-30(20)27/h2*1-18H. The van der Waals surface area contributed by atoms with Gasteiger partial charge < -0.3 is 4.42 Å². The summed E-state index contributed by atoms with van der Waals surface area (Å²) in [6, 6.07) is 78.9. The molecule has 12 aromatic carbocycles. The zero-order valence-electron chi connectivity index (χ0n) is 33.6. The van der Waals surface area contributed by atoms with Crippen LogP contribution in [0.15, 0.2) is 223 Å². The Balaban J connectivity index is 0.000000126. The second kappa shape index (κ2) is 13.9. The highest BCUT2D eigenvalue weighted by atomic mass is 32.1. The molecule has 0 amide bonds. The van der Waals surface area contributed by atoms with Gasteiger partial charge in [0.05, 0.1) is 0 Å². The molecule has 0 spiro atoms. The van der Waals surface area contributed by atoms with Crippen molar-refractivity contribution in [1.29, 1.82) is 0 Å². The summed E-state index contributed by atoms with van der Waals surface area (Å²) in [5, 5.41) is 20.7. The summed E-state index contributed by atoms with van der Waals surface area (Å²) in [6.45, 7) is 0. The molecule has 0 unspecified atom stereocenters. The van der Waals surface area contributed by atoms with Gasteiger partial charge in [0.25, 0.3) is 0 Å². The van der Waals surface area contributed by atoms with E-state index in [1.54, 1.807) is 0 Å². The van der Waals surface area contributed by atoms with Gasteiger partial charge in [0.15, 0.2) is 0 Å². The van der Waals surface area contributed by atoms with Gasteiger partial charge in [0.2, 0.25) is 0 Å². The average molecular weight is 805 g/mol. The molecule has 14 rings (SSSR count). The van der Waals surface area contributed by atoms with Gasteiger partial charge in [-0.25, -0.2) is 0 Å². The summed E-state index contributed by atoms with van der Waals surface area (Å²) in [5.74, 6) is 0. The third-order valence-electron chi connectivity index (χ3n) is 12.9. The Morgan fingerprint density at radius 3 is 1.19 bits per heavy atom. The Morgan fingerprint density at radius 2 is 0.645 bits per heavy atom. The zero-order valence-corrected chi connectivity index (χ0v) is 34.4. The number of para-hydroxylation sites is 2. The summed E-state index contributed by atoms with van der Waals surface area (Å²) >= 11 is 1.89. The molecule has 0 aliphatic rings. The lowest BCUT2D eigenvalue weighted by Gasteiger charge is -2.12. The van der Waals surface area contributed by atoms with Crippen LogP contribution in [0.4, 0.5) is 0 Å². The first kappa shape index (κ1) is 35.0. The van der Waals surface area contributed by atoms with Crippen molar-refractivity contribution in [3.05, 3.63) is 218 Å². The monoisotopic (exact) mass is 804 g/mol. The van der Waals surface area contributed by atoms with E-state index in [1.165, 1.54) is 101 Å². The molecule has 2 aromatic heterocycles. The Morgan fingerprint density at radius 1 is 0.258 bits per heavy atom. The van der Waals surface area contributed by atoms with Gasteiger partial charge in [0, 0.05) is 36.5 Å². The Bertz CT molecular complexity index is 3770. The van der Waals surface area contributed by atoms with E-state index in [-0.39, 0.29) is 0 Å². The third kappa shape index (κ3) is 5.34. The normalized spacial score (nSPS) is 11.9. The maximum absolute atomic E-state index is 6.31. The van der Waals surface area contributed by atoms with E-state index in [4.69, 9.17) is 4.42 Å². The lowest BCUT2D eigenvalue weighted by atomic mass is 9.92. The van der Waals surface area contributed by atoms with Gasteiger partial charge in [-0.05, 0) is 106 Å². The van der Waals surface area contributed by atoms with Crippen LogP contribution in [-0.4, -0.2) is 0 Å². The van der Waals surface area contributed by atoms with Crippen molar-refractivity contribution in [2.75, 3.05) is 0 Å². The Labute approximate surface area is 361 Å². The molecule has 1 nitrogen and oxygen atoms in total. The molecule has 0 N–H and O–H groups in total.